The predicted molar refractivity (Wildman–Crippen MR) is 65.8 cm³/mol. The number of benzene rings is 1. The van der Waals surface area contributed by atoms with Crippen LogP contribution in [-0.4, -0.2) is 5.75 Å². The molecule has 0 amide bonds. The lowest BCUT2D eigenvalue weighted by molar-refractivity contribution is 0.475. The zero-order chi connectivity index (χ0) is 10.4. The highest BCUT2D eigenvalue weighted by Crippen LogP contribution is 2.23. The molecule has 0 fully saturated rings. The van der Waals surface area contributed by atoms with E-state index in [1.807, 2.05) is 11.8 Å². The molecule has 0 saturated heterocycles. The molecule has 1 unspecified atom stereocenters. The van der Waals surface area contributed by atoms with Crippen molar-refractivity contribution in [2.24, 2.45) is 11.8 Å². The second-order valence-electron chi connectivity index (χ2n) is 4.36. The molecule has 0 saturated carbocycles. The Hall–Kier alpha value is -0.430. The van der Waals surface area contributed by atoms with Gasteiger partial charge in [0.2, 0.25) is 0 Å². The molecular formula is C13H20S. The molecule has 0 aromatic heterocycles. The van der Waals surface area contributed by atoms with E-state index in [1.54, 1.807) is 0 Å². The molecule has 1 atom stereocenters. The minimum absolute atomic E-state index is 0.820. The van der Waals surface area contributed by atoms with Gasteiger partial charge < -0.3 is 0 Å². The molecule has 0 aliphatic heterocycles. The average molecular weight is 208 g/mol. The van der Waals surface area contributed by atoms with Crippen LogP contribution in [0.2, 0.25) is 0 Å². The second-order valence-corrected chi connectivity index (χ2v) is 5.45. The fourth-order valence-corrected chi connectivity index (χ4v) is 2.59. The van der Waals surface area contributed by atoms with Gasteiger partial charge in [-0.2, -0.15) is 0 Å². The van der Waals surface area contributed by atoms with Crippen LogP contribution in [0.25, 0.3) is 0 Å². The van der Waals surface area contributed by atoms with Crippen LogP contribution in [0.3, 0.4) is 0 Å². The van der Waals surface area contributed by atoms with Crippen LogP contribution in [0.4, 0.5) is 0 Å². The zero-order valence-corrected chi connectivity index (χ0v) is 10.2. The average Bonchev–Trinajstić information content (AvgIpc) is 2.15. The van der Waals surface area contributed by atoms with Crippen LogP contribution in [0.5, 0.6) is 0 Å². The van der Waals surface area contributed by atoms with E-state index in [-0.39, 0.29) is 0 Å². The van der Waals surface area contributed by atoms with Crippen LogP contribution in [0.1, 0.15) is 27.2 Å². The minimum Gasteiger partial charge on any atom is -0.126 e. The number of thioether (sulfide) groups is 1. The van der Waals surface area contributed by atoms with E-state index in [4.69, 9.17) is 0 Å². The van der Waals surface area contributed by atoms with Gasteiger partial charge in [0.25, 0.3) is 0 Å². The van der Waals surface area contributed by atoms with E-state index in [0.29, 0.717) is 0 Å². The van der Waals surface area contributed by atoms with Crippen molar-refractivity contribution in [1.82, 2.24) is 0 Å². The van der Waals surface area contributed by atoms with E-state index in [1.165, 1.54) is 17.1 Å². The summed E-state index contributed by atoms with van der Waals surface area (Å²) in [5, 5.41) is 0. The van der Waals surface area contributed by atoms with Gasteiger partial charge in [-0.1, -0.05) is 39.0 Å². The van der Waals surface area contributed by atoms with E-state index < -0.39 is 0 Å². The lowest BCUT2D eigenvalue weighted by Gasteiger charge is -2.13. The molecule has 14 heavy (non-hydrogen) atoms. The van der Waals surface area contributed by atoms with Gasteiger partial charge in [-0.3, -0.25) is 0 Å². The van der Waals surface area contributed by atoms with Gasteiger partial charge in [-0.25, -0.2) is 0 Å². The van der Waals surface area contributed by atoms with Crippen molar-refractivity contribution in [3.63, 3.8) is 0 Å². The van der Waals surface area contributed by atoms with Gasteiger partial charge in [0.1, 0.15) is 0 Å². The van der Waals surface area contributed by atoms with E-state index in [2.05, 4.69) is 51.1 Å². The van der Waals surface area contributed by atoms with E-state index >= 15 is 0 Å². The summed E-state index contributed by atoms with van der Waals surface area (Å²) in [5.41, 5.74) is 0. The maximum absolute atomic E-state index is 2.34. The minimum atomic E-state index is 0.820. The monoisotopic (exact) mass is 208 g/mol. The van der Waals surface area contributed by atoms with Crippen molar-refractivity contribution in [2.75, 3.05) is 5.75 Å². The van der Waals surface area contributed by atoms with Crippen LogP contribution >= 0.6 is 11.8 Å². The van der Waals surface area contributed by atoms with Gasteiger partial charge in [-0.15, -0.1) is 11.8 Å². The second kappa shape index (κ2) is 6.13. The van der Waals surface area contributed by atoms with E-state index in [0.717, 1.165) is 11.8 Å². The Labute approximate surface area is 92.1 Å². The van der Waals surface area contributed by atoms with Crippen molar-refractivity contribution >= 4 is 11.8 Å². The van der Waals surface area contributed by atoms with Crippen LogP contribution < -0.4 is 0 Å². The maximum Gasteiger partial charge on any atom is 0.00720 e. The molecule has 0 bridgehead atoms. The molecule has 0 nitrogen and oxygen atoms in total. The molecule has 0 heterocycles. The third kappa shape index (κ3) is 4.71. The Kier molecular flexibility index (Phi) is 5.10. The highest BCUT2D eigenvalue weighted by atomic mass is 32.2. The number of hydrogen-bond acceptors (Lipinski definition) is 1. The zero-order valence-electron chi connectivity index (χ0n) is 9.36. The van der Waals surface area contributed by atoms with Gasteiger partial charge in [0, 0.05) is 10.6 Å². The Balaban J connectivity index is 2.27. The lowest BCUT2D eigenvalue weighted by atomic mass is 10.0. The Bertz CT molecular complexity index is 241. The summed E-state index contributed by atoms with van der Waals surface area (Å²) >= 11 is 1.97. The summed E-state index contributed by atoms with van der Waals surface area (Å²) in [4.78, 5) is 1.39. The normalized spacial score (nSPS) is 13.1. The molecular weight excluding hydrogens is 188 g/mol. The van der Waals surface area contributed by atoms with Crippen molar-refractivity contribution in [3.05, 3.63) is 30.3 Å². The summed E-state index contributed by atoms with van der Waals surface area (Å²) in [7, 11) is 0. The molecule has 1 heteroatoms. The summed E-state index contributed by atoms with van der Waals surface area (Å²) < 4.78 is 0. The largest absolute Gasteiger partial charge is 0.126 e. The summed E-state index contributed by atoms with van der Waals surface area (Å²) in [6.07, 6.45) is 1.33. The summed E-state index contributed by atoms with van der Waals surface area (Å²) in [6.45, 7) is 6.93. The lowest BCUT2D eigenvalue weighted by Crippen LogP contribution is -2.02. The Morgan fingerprint density at radius 2 is 1.71 bits per heavy atom. The number of hydrogen-bond donors (Lipinski definition) is 0. The smallest absolute Gasteiger partial charge is 0.00720 e. The molecule has 0 N–H and O–H groups in total. The van der Waals surface area contributed by atoms with Gasteiger partial charge >= 0.3 is 0 Å². The van der Waals surface area contributed by atoms with Crippen LogP contribution in [-0.2, 0) is 0 Å². The van der Waals surface area contributed by atoms with Crippen molar-refractivity contribution < 1.29 is 0 Å². The third-order valence-electron chi connectivity index (χ3n) is 2.15. The van der Waals surface area contributed by atoms with Gasteiger partial charge in [0.05, 0.1) is 0 Å². The van der Waals surface area contributed by atoms with Crippen LogP contribution in [0, 0.1) is 11.8 Å². The Morgan fingerprint density at radius 3 is 2.29 bits per heavy atom. The molecule has 0 spiro atoms. The molecule has 78 valence electrons. The van der Waals surface area contributed by atoms with E-state index in [9.17, 15) is 0 Å². The fraction of sp³-hybridized carbons (Fsp3) is 0.538. The standard InChI is InChI=1S/C13H20S/c1-11(2)9-12(3)10-14-13-7-5-4-6-8-13/h4-8,11-12H,9-10H2,1-3H3. The molecule has 1 aromatic rings. The maximum atomic E-state index is 2.34. The molecule has 0 aliphatic rings. The fourth-order valence-electron chi connectivity index (χ4n) is 1.63. The highest BCUT2D eigenvalue weighted by molar-refractivity contribution is 7.99. The number of rotatable bonds is 5. The van der Waals surface area contributed by atoms with Crippen molar-refractivity contribution in [3.8, 4) is 0 Å². The first-order valence-corrected chi connectivity index (χ1v) is 6.35. The molecule has 0 aliphatic carbocycles. The molecule has 1 aromatic carbocycles. The first-order valence-electron chi connectivity index (χ1n) is 5.36. The Morgan fingerprint density at radius 1 is 1.07 bits per heavy atom. The van der Waals surface area contributed by atoms with Crippen molar-refractivity contribution in [2.45, 2.75) is 32.1 Å². The summed E-state index contributed by atoms with van der Waals surface area (Å²) in [5.74, 6) is 2.88. The third-order valence-corrected chi connectivity index (χ3v) is 3.49. The predicted octanol–water partition coefficient (Wildman–Crippen LogP) is 4.46. The molecule has 0 radical (unpaired) electrons. The SMILES string of the molecule is CC(C)CC(C)CSc1ccccc1. The quantitative estimate of drug-likeness (QED) is 0.644. The van der Waals surface area contributed by atoms with Gasteiger partial charge in [-0.05, 0) is 30.4 Å². The first kappa shape index (κ1) is 11.6. The van der Waals surface area contributed by atoms with Gasteiger partial charge in [0.15, 0.2) is 0 Å². The summed E-state index contributed by atoms with van der Waals surface area (Å²) in [6, 6.07) is 10.7. The van der Waals surface area contributed by atoms with Crippen LogP contribution in [0.15, 0.2) is 35.2 Å². The van der Waals surface area contributed by atoms with Crippen molar-refractivity contribution in [1.29, 1.82) is 0 Å². The topological polar surface area (TPSA) is 0 Å². The first-order chi connectivity index (χ1) is 6.68. The molecule has 1 rings (SSSR count). The highest BCUT2D eigenvalue weighted by Gasteiger charge is 2.05.